The number of halogens is 2. The molecule has 2 unspecified atom stereocenters. The maximum Gasteiger partial charge on any atom is 0.241 e. The van der Waals surface area contributed by atoms with E-state index < -0.39 is 23.6 Å². The van der Waals surface area contributed by atoms with Crippen molar-refractivity contribution in [3.63, 3.8) is 0 Å². The molecule has 1 rings (SSSR count). The molecule has 0 heterocycles. The third-order valence-corrected chi connectivity index (χ3v) is 2.69. The normalized spacial score (nSPS) is 14.2. The third-order valence-electron chi connectivity index (χ3n) is 2.69. The first-order chi connectivity index (χ1) is 7.93. The number of hydrogen-bond donors (Lipinski definition) is 2. The SMILES string of the molecule is CCC(C)C(N)C(=O)Nc1cc(F)cc(F)c1. The second-order valence-electron chi connectivity index (χ2n) is 4.06. The van der Waals surface area contributed by atoms with Crippen LogP contribution in [-0.2, 0) is 4.79 Å². The fraction of sp³-hybridized carbons (Fsp3) is 0.417. The lowest BCUT2D eigenvalue weighted by molar-refractivity contribution is -0.118. The summed E-state index contributed by atoms with van der Waals surface area (Å²) in [5.74, 6) is -1.91. The topological polar surface area (TPSA) is 55.1 Å². The average molecular weight is 242 g/mol. The number of benzene rings is 1. The van der Waals surface area contributed by atoms with Gasteiger partial charge in [-0.25, -0.2) is 8.78 Å². The van der Waals surface area contributed by atoms with E-state index >= 15 is 0 Å². The van der Waals surface area contributed by atoms with E-state index in [0.29, 0.717) is 0 Å². The monoisotopic (exact) mass is 242 g/mol. The summed E-state index contributed by atoms with van der Waals surface area (Å²) in [6.07, 6.45) is 0.756. The molecule has 0 saturated heterocycles. The van der Waals surface area contributed by atoms with Crippen molar-refractivity contribution in [2.24, 2.45) is 11.7 Å². The number of carbonyl (C=O) groups excluding carboxylic acids is 1. The smallest absolute Gasteiger partial charge is 0.241 e. The highest BCUT2D eigenvalue weighted by Crippen LogP contribution is 2.14. The van der Waals surface area contributed by atoms with E-state index in [2.05, 4.69) is 5.32 Å². The van der Waals surface area contributed by atoms with Gasteiger partial charge in [0.2, 0.25) is 5.91 Å². The Bertz CT molecular complexity index is 389. The zero-order valence-electron chi connectivity index (χ0n) is 9.84. The molecule has 1 aromatic carbocycles. The van der Waals surface area contributed by atoms with Gasteiger partial charge in [-0.1, -0.05) is 20.3 Å². The van der Waals surface area contributed by atoms with E-state index in [4.69, 9.17) is 5.73 Å². The highest BCUT2D eigenvalue weighted by atomic mass is 19.1. The summed E-state index contributed by atoms with van der Waals surface area (Å²) in [5, 5.41) is 2.39. The minimum absolute atomic E-state index is 0.00778. The highest BCUT2D eigenvalue weighted by Gasteiger charge is 2.19. The molecular formula is C12H16F2N2O. The summed E-state index contributed by atoms with van der Waals surface area (Å²) >= 11 is 0. The minimum atomic E-state index is -0.739. The fourth-order valence-electron chi connectivity index (χ4n) is 1.36. The highest BCUT2D eigenvalue weighted by molar-refractivity contribution is 5.94. The van der Waals surface area contributed by atoms with Crippen molar-refractivity contribution in [1.82, 2.24) is 0 Å². The van der Waals surface area contributed by atoms with Gasteiger partial charge in [0.1, 0.15) is 11.6 Å². The Morgan fingerprint density at radius 1 is 1.35 bits per heavy atom. The van der Waals surface area contributed by atoms with Gasteiger partial charge in [-0.2, -0.15) is 0 Å². The average Bonchev–Trinajstić information content (AvgIpc) is 2.25. The lowest BCUT2D eigenvalue weighted by Gasteiger charge is -2.17. The van der Waals surface area contributed by atoms with Crippen LogP contribution in [0.1, 0.15) is 20.3 Å². The van der Waals surface area contributed by atoms with Crippen molar-refractivity contribution in [1.29, 1.82) is 0 Å². The Morgan fingerprint density at radius 3 is 2.35 bits per heavy atom. The van der Waals surface area contributed by atoms with Gasteiger partial charge in [0.15, 0.2) is 0 Å². The van der Waals surface area contributed by atoms with Crippen LogP contribution in [0.15, 0.2) is 18.2 Å². The molecule has 1 amide bonds. The lowest BCUT2D eigenvalue weighted by Crippen LogP contribution is -2.40. The van der Waals surface area contributed by atoms with Crippen molar-refractivity contribution >= 4 is 11.6 Å². The maximum atomic E-state index is 12.9. The van der Waals surface area contributed by atoms with Crippen LogP contribution in [-0.4, -0.2) is 11.9 Å². The number of rotatable bonds is 4. The molecule has 2 atom stereocenters. The van der Waals surface area contributed by atoms with E-state index in [-0.39, 0.29) is 11.6 Å². The molecule has 94 valence electrons. The first-order valence-corrected chi connectivity index (χ1v) is 5.46. The van der Waals surface area contributed by atoms with Crippen molar-refractivity contribution in [3.8, 4) is 0 Å². The Balaban J connectivity index is 2.74. The Hall–Kier alpha value is -1.49. The number of hydrogen-bond acceptors (Lipinski definition) is 2. The lowest BCUT2D eigenvalue weighted by atomic mass is 9.99. The molecular weight excluding hydrogens is 226 g/mol. The molecule has 0 radical (unpaired) electrons. The molecule has 3 nitrogen and oxygen atoms in total. The molecule has 0 aliphatic rings. The van der Waals surface area contributed by atoms with Crippen LogP contribution in [0.5, 0.6) is 0 Å². The number of carbonyl (C=O) groups is 1. The van der Waals surface area contributed by atoms with Crippen LogP contribution >= 0.6 is 0 Å². The first kappa shape index (κ1) is 13.6. The summed E-state index contributed by atoms with van der Waals surface area (Å²) in [6, 6.07) is 2.14. The van der Waals surface area contributed by atoms with Crippen molar-refractivity contribution in [3.05, 3.63) is 29.8 Å². The fourth-order valence-corrected chi connectivity index (χ4v) is 1.36. The number of nitrogens with one attached hydrogen (secondary N) is 1. The van der Waals surface area contributed by atoms with E-state index in [1.165, 1.54) is 0 Å². The molecule has 0 fully saturated rings. The molecule has 3 N–H and O–H groups in total. The second kappa shape index (κ2) is 5.72. The quantitative estimate of drug-likeness (QED) is 0.851. The second-order valence-corrected chi connectivity index (χ2v) is 4.06. The van der Waals surface area contributed by atoms with Gasteiger partial charge in [-0.3, -0.25) is 4.79 Å². The van der Waals surface area contributed by atoms with Crippen LogP contribution in [0.3, 0.4) is 0 Å². The van der Waals surface area contributed by atoms with Crippen LogP contribution in [0, 0.1) is 17.6 Å². The van der Waals surface area contributed by atoms with Gasteiger partial charge >= 0.3 is 0 Å². The van der Waals surface area contributed by atoms with Crippen LogP contribution < -0.4 is 11.1 Å². The number of nitrogens with two attached hydrogens (primary N) is 1. The van der Waals surface area contributed by atoms with E-state index in [0.717, 1.165) is 24.6 Å². The molecule has 0 aromatic heterocycles. The van der Waals surface area contributed by atoms with Crippen LogP contribution in [0.2, 0.25) is 0 Å². The number of amides is 1. The van der Waals surface area contributed by atoms with Gasteiger partial charge in [0.05, 0.1) is 6.04 Å². The summed E-state index contributed by atoms with van der Waals surface area (Å²) in [7, 11) is 0. The van der Waals surface area contributed by atoms with E-state index in [9.17, 15) is 13.6 Å². The molecule has 5 heteroatoms. The minimum Gasteiger partial charge on any atom is -0.325 e. The summed E-state index contributed by atoms with van der Waals surface area (Å²) in [4.78, 5) is 11.7. The van der Waals surface area contributed by atoms with Crippen molar-refractivity contribution < 1.29 is 13.6 Å². The zero-order chi connectivity index (χ0) is 13.0. The molecule has 0 spiro atoms. The van der Waals surface area contributed by atoms with Crippen molar-refractivity contribution in [2.75, 3.05) is 5.32 Å². The van der Waals surface area contributed by atoms with Crippen LogP contribution in [0.4, 0.5) is 14.5 Å². The van der Waals surface area contributed by atoms with Gasteiger partial charge < -0.3 is 11.1 Å². The molecule has 17 heavy (non-hydrogen) atoms. The van der Waals surface area contributed by atoms with Crippen molar-refractivity contribution in [2.45, 2.75) is 26.3 Å². The summed E-state index contributed by atoms with van der Waals surface area (Å²) in [5.41, 5.74) is 5.77. The Labute approximate surface area is 99.0 Å². The maximum absolute atomic E-state index is 12.9. The van der Waals surface area contributed by atoms with Gasteiger partial charge in [-0.15, -0.1) is 0 Å². The predicted molar refractivity (Wildman–Crippen MR) is 62.4 cm³/mol. The largest absolute Gasteiger partial charge is 0.325 e. The Kier molecular flexibility index (Phi) is 4.57. The Morgan fingerprint density at radius 2 is 1.88 bits per heavy atom. The summed E-state index contributed by atoms with van der Waals surface area (Å²) in [6.45, 7) is 3.76. The predicted octanol–water partition coefficient (Wildman–Crippen LogP) is 2.28. The van der Waals surface area contributed by atoms with Gasteiger partial charge in [-0.05, 0) is 18.1 Å². The molecule has 0 bridgehead atoms. The van der Waals surface area contributed by atoms with Gasteiger partial charge in [0.25, 0.3) is 0 Å². The van der Waals surface area contributed by atoms with Crippen LogP contribution in [0.25, 0.3) is 0 Å². The molecule has 0 saturated carbocycles. The molecule has 0 aliphatic heterocycles. The van der Waals surface area contributed by atoms with Gasteiger partial charge in [0, 0.05) is 11.8 Å². The first-order valence-electron chi connectivity index (χ1n) is 5.46. The third kappa shape index (κ3) is 3.78. The van der Waals surface area contributed by atoms with E-state index in [1.54, 1.807) is 0 Å². The number of anilines is 1. The molecule has 0 aliphatic carbocycles. The summed E-state index contributed by atoms with van der Waals surface area (Å²) < 4.78 is 25.8. The molecule has 1 aromatic rings. The van der Waals surface area contributed by atoms with E-state index in [1.807, 2.05) is 13.8 Å². The zero-order valence-corrected chi connectivity index (χ0v) is 9.84. The standard InChI is InChI=1S/C12H16F2N2O/c1-3-7(2)11(15)12(17)16-10-5-8(13)4-9(14)6-10/h4-7,11H,3,15H2,1-2H3,(H,16,17).